The van der Waals surface area contributed by atoms with Crippen molar-refractivity contribution >= 4 is 5.82 Å². The van der Waals surface area contributed by atoms with Crippen LogP contribution in [0.5, 0.6) is 0 Å². The number of aryl methyl sites for hydroxylation is 2. The molecule has 98 valence electrons. The molecule has 1 unspecified atom stereocenters. The van der Waals surface area contributed by atoms with Crippen LogP contribution in [0.2, 0.25) is 0 Å². The Kier molecular flexibility index (Phi) is 4.72. The van der Waals surface area contributed by atoms with Gasteiger partial charge in [-0.05, 0) is 44.7 Å². The third kappa shape index (κ3) is 3.22. The lowest BCUT2D eigenvalue weighted by molar-refractivity contribution is 0.501. The first kappa shape index (κ1) is 14.5. The zero-order valence-electron chi connectivity index (χ0n) is 12.3. The van der Waals surface area contributed by atoms with Gasteiger partial charge in [-0.3, -0.25) is 0 Å². The van der Waals surface area contributed by atoms with E-state index in [1.165, 1.54) is 0 Å². The molecule has 0 fully saturated rings. The van der Waals surface area contributed by atoms with Crippen molar-refractivity contribution in [3.8, 4) is 6.07 Å². The minimum atomic E-state index is 0.380. The van der Waals surface area contributed by atoms with Crippen molar-refractivity contribution in [1.29, 1.82) is 5.26 Å². The normalized spacial score (nSPS) is 12.3. The van der Waals surface area contributed by atoms with Crippen molar-refractivity contribution in [2.24, 2.45) is 5.92 Å². The van der Waals surface area contributed by atoms with E-state index in [1.54, 1.807) is 0 Å². The Balaban J connectivity index is 3.12. The van der Waals surface area contributed by atoms with E-state index in [0.29, 0.717) is 17.5 Å². The third-order valence-electron chi connectivity index (χ3n) is 3.25. The second-order valence-electron chi connectivity index (χ2n) is 5.48. The number of nitriles is 1. The van der Waals surface area contributed by atoms with Gasteiger partial charge in [-0.15, -0.1) is 0 Å². The summed E-state index contributed by atoms with van der Waals surface area (Å²) in [5, 5.41) is 9.29. The fourth-order valence-corrected chi connectivity index (χ4v) is 2.26. The zero-order chi connectivity index (χ0) is 13.9. The second-order valence-corrected chi connectivity index (χ2v) is 5.48. The Morgan fingerprint density at radius 3 is 2.44 bits per heavy atom. The van der Waals surface area contributed by atoms with E-state index in [1.807, 2.05) is 27.0 Å². The number of hydrogen-bond acceptors (Lipinski definition) is 3. The van der Waals surface area contributed by atoms with Crippen molar-refractivity contribution in [3.05, 3.63) is 22.9 Å². The van der Waals surface area contributed by atoms with Gasteiger partial charge in [0.15, 0.2) is 0 Å². The SMILES string of the molecule is Cc1cc(C)c(C#N)c(N(C)C(C)CC(C)C)n1. The summed E-state index contributed by atoms with van der Waals surface area (Å²) in [6, 6.07) is 4.62. The molecule has 0 N–H and O–H groups in total. The number of aromatic nitrogens is 1. The molecule has 1 heterocycles. The number of nitrogens with zero attached hydrogens (tertiary/aromatic N) is 3. The van der Waals surface area contributed by atoms with Crippen LogP contribution >= 0.6 is 0 Å². The van der Waals surface area contributed by atoms with Crippen LogP contribution in [-0.4, -0.2) is 18.1 Å². The lowest BCUT2D eigenvalue weighted by atomic mass is 10.0. The number of pyridine rings is 1. The summed E-state index contributed by atoms with van der Waals surface area (Å²) < 4.78 is 0. The van der Waals surface area contributed by atoms with Gasteiger partial charge in [0.05, 0.1) is 5.56 Å². The molecule has 0 saturated heterocycles. The van der Waals surface area contributed by atoms with Crippen LogP contribution in [0.1, 0.15) is 44.0 Å². The average Bonchev–Trinajstić information content (AvgIpc) is 2.26. The summed E-state index contributed by atoms with van der Waals surface area (Å²) >= 11 is 0. The molecule has 0 aliphatic rings. The Hall–Kier alpha value is -1.56. The maximum Gasteiger partial charge on any atom is 0.147 e. The average molecular weight is 245 g/mol. The maximum atomic E-state index is 9.29. The topological polar surface area (TPSA) is 39.9 Å². The molecule has 0 bridgehead atoms. The Morgan fingerprint density at radius 1 is 1.33 bits per heavy atom. The van der Waals surface area contributed by atoms with Crippen LogP contribution < -0.4 is 4.90 Å². The Morgan fingerprint density at radius 2 is 1.94 bits per heavy atom. The van der Waals surface area contributed by atoms with Gasteiger partial charge in [0, 0.05) is 18.8 Å². The molecule has 0 radical (unpaired) electrons. The van der Waals surface area contributed by atoms with Crippen LogP contribution in [0.3, 0.4) is 0 Å². The quantitative estimate of drug-likeness (QED) is 0.815. The molecule has 1 rings (SSSR count). The molecule has 1 atom stereocenters. The van der Waals surface area contributed by atoms with Gasteiger partial charge in [-0.1, -0.05) is 13.8 Å². The molecule has 0 spiro atoms. The van der Waals surface area contributed by atoms with E-state index in [2.05, 4.69) is 36.7 Å². The van der Waals surface area contributed by atoms with Gasteiger partial charge in [-0.2, -0.15) is 5.26 Å². The lowest BCUT2D eigenvalue weighted by Gasteiger charge is -2.28. The van der Waals surface area contributed by atoms with E-state index >= 15 is 0 Å². The van der Waals surface area contributed by atoms with Gasteiger partial charge in [-0.25, -0.2) is 4.98 Å². The highest BCUT2D eigenvalue weighted by molar-refractivity contribution is 5.58. The minimum absolute atomic E-state index is 0.380. The predicted molar refractivity (Wildman–Crippen MR) is 75.7 cm³/mol. The van der Waals surface area contributed by atoms with Crippen LogP contribution in [0, 0.1) is 31.1 Å². The zero-order valence-corrected chi connectivity index (χ0v) is 12.3. The molecule has 0 aliphatic heterocycles. The van der Waals surface area contributed by atoms with Gasteiger partial charge in [0.25, 0.3) is 0 Å². The fraction of sp³-hybridized carbons (Fsp3) is 0.600. The fourth-order valence-electron chi connectivity index (χ4n) is 2.26. The van der Waals surface area contributed by atoms with Crippen molar-refractivity contribution in [3.63, 3.8) is 0 Å². The first-order chi connectivity index (χ1) is 8.36. The van der Waals surface area contributed by atoms with Crippen molar-refractivity contribution in [1.82, 2.24) is 4.98 Å². The van der Waals surface area contributed by atoms with Gasteiger partial charge >= 0.3 is 0 Å². The molecular weight excluding hydrogens is 222 g/mol. The summed E-state index contributed by atoms with van der Waals surface area (Å²) in [5.41, 5.74) is 2.66. The van der Waals surface area contributed by atoms with Crippen LogP contribution in [0.4, 0.5) is 5.82 Å². The van der Waals surface area contributed by atoms with E-state index < -0.39 is 0 Å². The summed E-state index contributed by atoms with van der Waals surface area (Å²) in [5.74, 6) is 1.45. The van der Waals surface area contributed by atoms with Crippen molar-refractivity contribution in [2.75, 3.05) is 11.9 Å². The number of rotatable bonds is 4. The predicted octanol–water partition coefficient (Wildman–Crippen LogP) is 3.44. The molecule has 1 aromatic rings. The van der Waals surface area contributed by atoms with Crippen LogP contribution in [0.25, 0.3) is 0 Å². The van der Waals surface area contributed by atoms with Crippen LogP contribution in [0.15, 0.2) is 6.07 Å². The molecule has 3 heteroatoms. The summed E-state index contributed by atoms with van der Waals surface area (Å²) in [4.78, 5) is 6.66. The Bertz CT molecular complexity index is 458. The maximum absolute atomic E-state index is 9.29. The highest BCUT2D eigenvalue weighted by atomic mass is 15.2. The van der Waals surface area contributed by atoms with E-state index in [0.717, 1.165) is 23.5 Å². The van der Waals surface area contributed by atoms with E-state index in [-0.39, 0.29) is 0 Å². The van der Waals surface area contributed by atoms with Crippen molar-refractivity contribution in [2.45, 2.75) is 47.1 Å². The summed E-state index contributed by atoms with van der Waals surface area (Å²) in [6.07, 6.45) is 1.09. The molecule has 0 aliphatic carbocycles. The largest absolute Gasteiger partial charge is 0.356 e. The second kappa shape index (κ2) is 5.86. The molecule has 18 heavy (non-hydrogen) atoms. The minimum Gasteiger partial charge on any atom is -0.356 e. The van der Waals surface area contributed by atoms with Gasteiger partial charge in [0.2, 0.25) is 0 Å². The number of anilines is 1. The highest BCUT2D eigenvalue weighted by Gasteiger charge is 2.18. The monoisotopic (exact) mass is 245 g/mol. The van der Waals surface area contributed by atoms with Crippen molar-refractivity contribution < 1.29 is 0 Å². The highest BCUT2D eigenvalue weighted by Crippen LogP contribution is 2.24. The summed E-state index contributed by atoms with van der Waals surface area (Å²) in [7, 11) is 2.02. The van der Waals surface area contributed by atoms with Gasteiger partial charge in [0.1, 0.15) is 11.9 Å². The van der Waals surface area contributed by atoms with E-state index in [9.17, 15) is 5.26 Å². The van der Waals surface area contributed by atoms with Gasteiger partial charge < -0.3 is 4.90 Å². The molecule has 1 aromatic heterocycles. The number of hydrogen-bond donors (Lipinski definition) is 0. The summed E-state index contributed by atoms with van der Waals surface area (Å²) in [6.45, 7) is 10.5. The standard InChI is InChI=1S/C15H23N3/c1-10(2)7-13(5)18(6)15-14(9-16)11(3)8-12(4)17-15/h8,10,13H,7H2,1-6H3. The van der Waals surface area contributed by atoms with Crippen LogP contribution in [-0.2, 0) is 0 Å². The first-order valence-electron chi connectivity index (χ1n) is 6.48. The third-order valence-corrected chi connectivity index (χ3v) is 3.25. The molecule has 3 nitrogen and oxygen atoms in total. The van der Waals surface area contributed by atoms with E-state index in [4.69, 9.17) is 0 Å². The molecule has 0 saturated carbocycles. The lowest BCUT2D eigenvalue weighted by Crippen LogP contribution is -2.31. The Labute approximate surface area is 110 Å². The molecule has 0 amide bonds. The molecular formula is C15H23N3. The smallest absolute Gasteiger partial charge is 0.147 e. The molecule has 0 aromatic carbocycles. The first-order valence-corrected chi connectivity index (χ1v) is 6.48.